The molecule has 6 heteroatoms. The highest BCUT2D eigenvalue weighted by molar-refractivity contribution is 9.10. The van der Waals surface area contributed by atoms with Crippen LogP contribution >= 0.6 is 15.9 Å². The first-order valence-electron chi connectivity index (χ1n) is 6.17. The van der Waals surface area contributed by atoms with E-state index in [1.165, 1.54) is 6.07 Å². The van der Waals surface area contributed by atoms with E-state index >= 15 is 0 Å². The van der Waals surface area contributed by atoms with Gasteiger partial charge in [-0.3, -0.25) is 0 Å². The molecule has 0 aliphatic rings. The van der Waals surface area contributed by atoms with Gasteiger partial charge in [0.25, 0.3) is 0 Å². The summed E-state index contributed by atoms with van der Waals surface area (Å²) in [5.41, 5.74) is 6.44. The van der Waals surface area contributed by atoms with Gasteiger partial charge in [-0.1, -0.05) is 15.9 Å². The molecule has 0 unspecified atom stereocenters. The van der Waals surface area contributed by atoms with Crippen molar-refractivity contribution in [3.63, 3.8) is 0 Å². The van der Waals surface area contributed by atoms with E-state index in [0.717, 1.165) is 4.47 Å². The highest BCUT2D eigenvalue weighted by atomic mass is 79.9. The fraction of sp³-hybridized carbons (Fsp3) is 0.286. The SMILES string of the molecule is CC(C)(CN)Nc1ncc(-c2cc(Br)ccc2F)cn1. The van der Waals surface area contributed by atoms with Crippen LogP contribution < -0.4 is 11.1 Å². The third-order valence-electron chi connectivity index (χ3n) is 2.85. The molecule has 0 fully saturated rings. The van der Waals surface area contributed by atoms with Crippen molar-refractivity contribution >= 4 is 21.9 Å². The number of halogens is 2. The minimum Gasteiger partial charge on any atom is -0.348 e. The third-order valence-corrected chi connectivity index (χ3v) is 3.35. The zero-order valence-corrected chi connectivity index (χ0v) is 12.9. The third kappa shape index (κ3) is 3.52. The van der Waals surface area contributed by atoms with Gasteiger partial charge in [0.2, 0.25) is 5.95 Å². The van der Waals surface area contributed by atoms with E-state index in [1.54, 1.807) is 24.5 Å². The second-order valence-electron chi connectivity index (χ2n) is 5.13. The molecule has 2 rings (SSSR count). The topological polar surface area (TPSA) is 63.8 Å². The van der Waals surface area contributed by atoms with Crippen LogP contribution in [0.2, 0.25) is 0 Å². The summed E-state index contributed by atoms with van der Waals surface area (Å²) >= 11 is 3.32. The molecule has 3 N–H and O–H groups in total. The Hall–Kier alpha value is -1.53. The highest BCUT2D eigenvalue weighted by Gasteiger charge is 2.16. The van der Waals surface area contributed by atoms with Gasteiger partial charge in [0.1, 0.15) is 5.82 Å². The molecule has 0 atom stereocenters. The van der Waals surface area contributed by atoms with Gasteiger partial charge in [-0.15, -0.1) is 0 Å². The fourth-order valence-corrected chi connectivity index (χ4v) is 1.97. The molecule has 0 bridgehead atoms. The Morgan fingerprint density at radius 2 is 1.95 bits per heavy atom. The lowest BCUT2D eigenvalue weighted by atomic mass is 10.1. The summed E-state index contributed by atoms with van der Waals surface area (Å²) in [6.07, 6.45) is 3.18. The Morgan fingerprint density at radius 1 is 1.30 bits per heavy atom. The van der Waals surface area contributed by atoms with Crippen molar-refractivity contribution in [3.8, 4) is 11.1 Å². The van der Waals surface area contributed by atoms with Crippen molar-refractivity contribution in [1.29, 1.82) is 0 Å². The minimum atomic E-state index is -0.306. The highest BCUT2D eigenvalue weighted by Crippen LogP contribution is 2.25. The summed E-state index contributed by atoms with van der Waals surface area (Å²) in [6, 6.07) is 4.76. The molecule has 4 nitrogen and oxygen atoms in total. The molecule has 1 heterocycles. The van der Waals surface area contributed by atoms with Crippen LogP contribution in [0.3, 0.4) is 0 Å². The van der Waals surface area contributed by atoms with Crippen LogP contribution in [0, 0.1) is 5.82 Å². The molecule has 0 saturated carbocycles. The van der Waals surface area contributed by atoms with Crippen LogP contribution in [0.4, 0.5) is 10.3 Å². The number of aromatic nitrogens is 2. The van der Waals surface area contributed by atoms with Crippen molar-refractivity contribution in [2.45, 2.75) is 19.4 Å². The number of nitrogens with zero attached hydrogens (tertiary/aromatic N) is 2. The van der Waals surface area contributed by atoms with E-state index < -0.39 is 0 Å². The van der Waals surface area contributed by atoms with E-state index in [9.17, 15) is 4.39 Å². The van der Waals surface area contributed by atoms with Gasteiger partial charge < -0.3 is 11.1 Å². The molecular weight excluding hydrogens is 323 g/mol. The number of nitrogens with one attached hydrogen (secondary N) is 1. The number of hydrogen-bond acceptors (Lipinski definition) is 4. The molecule has 2 aromatic rings. The van der Waals surface area contributed by atoms with Crippen LogP contribution in [0.5, 0.6) is 0 Å². The number of anilines is 1. The Balaban J connectivity index is 2.26. The minimum absolute atomic E-state index is 0.289. The van der Waals surface area contributed by atoms with Gasteiger partial charge >= 0.3 is 0 Å². The first-order chi connectivity index (χ1) is 9.41. The largest absolute Gasteiger partial charge is 0.348 e. The predicted octanol–water partition coefficient (Wildman–Crippen LogP) is 3.19. The summed E-state index contributed by atoms with van der Waals surface area (Å²) in [4.78, 5) is 8.40. The van der Waals surface area contributed by atoms with Crippen molar-refractivity contribution in [2.24, 2.45) is 5.73 Å². The lowest BCUT2D eigenvalue weighted by molar-refractivity contribution is 0.574. The maximum atomic E-state index is 13.8. The zero-order valence-electron chi connectivity index (χ0n) is 11.3. The molecule has 106 valence electrons. The number of benzene rings is 1. The Labute approximate surface area is 125 Å². The molecule has 0 aliphatic carbocycles. The smallest absolute Gasteiger partial charge is 0.223 e. The van der Waals surface area contributed by atoms with E-state index in [0.29, 0.717) is 23.6 Å². The first-order valence-corrected chi connectivity index (χ1v) is 6.96. The molecule has 0 saturated heterocycles. The maximum absolute atomic E-state index is 13.8. The molecule has 0 radical (unpaired) electrons. The fourth-order valence-electron chi connectivity index (χ4n) is 1.60. The standard InChI is InChI=1S/C14H16BrFN4/c1-14(2,8-17)20-13-18-6-9(7-19-13)11-5-10(15)3-4-12(11)16/h3-7H,8,17H2,1-2H3,(H,18,19,20). The first kappa shape index (κ1) is 14.9. The summed E-state index contributed by atoms with van der Waals surface area (Å²) in [7, 11) is 0. The Kier molecular flexibility index (Phi) is 4.35. The molecule has 20 heavy (non-hydrogen) atoms. The van der Waals surface area contributed by atoms with Gasteiger partial charge in [-0.2, -0.15) is 0 Å². The second kappa shape index (κ2) is 5.85. The molecule has 0 amide bonds. The normalized spacial score (nSPS) is 11.4. The second-order valence-corrected chi connectivity index (χ2v) is 6.05. The average molecular weight is 339 g/mol. The molecule has 1 aromatic heterocycles. The van der Waals surface area contributed by atoms with Crippen LogP contribution in [-0.2, 0) is 0 Å². The summed E-state index contributed by atoms with van der Waals surface area (Å²) in [6.45, 7) is 4.37. The van der Waals surface area contributed by atoms with Crippen LogP contribution in [0.1, 0.15) is 13.8 Å². The number of rotatable bonds is 4. The molecule has 1 aromatic carbocycles. The van der Waals surface area contributed by atoms with E-state index in [4.69, 9.17) is 5.73 Å². The van der Waals surface area contributed by atoms with E-state index in [-0.39, 0.29) is 11.4 Å². The van der Waals surface area contributed by atoms with Gasteiger partial charge in [-0.05, 0) is 32.0 Å². The summed E-state index contributed by atoms with van der Waals surface area (Å²) in [5.74, 6) is 0.166. The van der Waals surface area contributed by atoms with Crippen LogP contribution in [0.25, 0.3) is 11.1 Å². The van der Waals surface area contributed by atoms with Crippen molar-refractivity contribution in [1.82, 2.24) is 9.97 Å². The van der Waals surface area contributed by atoms with Gasteiger partial charge in [0.15, 0.2) is 0 Å². The van der Waals surface area contributed by atoms with Crippen LogP contribution in [-0.4, -0.2) is 22.1 Å². The van der Waals surface area contributed by atoms with Gasteiger partial charge in [0, 0.05) is 40.1 Å². The molecular formula is C14H16BrFN4. The van der Waals surface area contributed by atoms with E-state index in [2.05, 4.69) is 31.2 Å². The number of nitrogens with two attached hydrogens (primary N) is 1. The lowest BCUT2D eigenvalue weighted by Gasteiger charge is -2.23. The quantitative estimate of drug-likeness (QED) is 0.898. The Morgan fingerprint density at radius 3 is 2.55 bits per heavy atom. The van der Waals surface area contributed by atoms with Crippen molar-refractivity contribution < 1.29 is 4.39 Å². The van der Waals surface area contributed by atoms with Crippen LogP contribution in [0.15, 0.2) is 35.1 Å². The predicted molar refractivity (Wildman–Crippen MR) is 81.9 cm³/mol. The monoisotopic (exact) mass is 338 g/mol. The maximum Gasteiger partial charge on any atom is 0.223 e. The lowest BCUT2D eigenvalue weighted by Crippen LogP contribution is -2.39. The average Bonchev–Trinajstić information content (AvgIpc) is 2.42. The summed E-state index contributed by atoms with van der Waals surface area (Å²) in [5, 5.41) is 3.12. The Bertz CT molecular complexity index is 599. The zero-order chi connectivity index (χ0) is 14.8. The van der Waals surface area contributed by atoms with E-state index in [1.807, 2.05) is 13.8 Å². The molecule has 0 spiro atoms. The van der Waals surface area contributed by atoms with Gasteiger partial charge in [0.05, 0.1) is 0 Å². The molecule has 0 aliphatic heterocycles. The van der Waals surface area contributed by atoms with Crippen molar-refractivity contribution in [3.05, 3.63) is 40.9 Å². The van der Waals surface area contributed by atoms with Crippen molar-refractivity contribution in [2.75, 3.05) is 11.9 Å². The van der Waals surface area contributed by atoms with Gasteiger partial charge in [-0.25, -0.2) is 14.4 Å². The number of hydrogen-bond donors (Lipinski definition) is 2. The summed E-state index contributed by atoms with van der Waals surface area (Å²) < 4.78 is 14.6.